The number of ether oxygens (including phenoxy) is 9. The second-order valence-electron chi connectivity index (χ2n) is 20.0. The average Bonchev–Trinajstić information content (AvgIpc) is 3.90. The zero-order valence-corrected chi connectivity index (χ0v) is 45.6. The molecular weight excluding hydrogens is 1020 g/mol. The summed E-state index contributed by atoms with van der Waals surface area (Å²) in [5.41, 5.74) is -0.222. The molecule has 0 radical (unpaired) electrons. The quantitative estimate of drug-likeness (QED) is 0.0200. The molecule has 19 heteroatoms. The number of carbonyl (C=O) groups is 7. The summed E-state index contributed by atoms with van der Waals surface area (Å²) in [7, 11) is 0. The van der Waals surface area contributed by atoms with Crippen LogP contribution >= 0.6 is 23.5 Å². The van der Waals surface area contributed by atoms with Crippen molar-refractivity contribution in [3.8, 4) is 11.5 Å². The maximum absolute atomic E-state index is 13.8. The van der Waals surface area contributed by atoms with Crippen LogP contribution in [0.4, 0.5) is 0 Å². The van der Waals surface area contributed by atoms with Gasteiger partial charge in [-0.1, -0.05) is 43.6 Å². The van der Waals surface area contributed by atoms with Crippen LogP contribution in [0.5, 0.6) is 11.5 Å². The molecule has 1 heterocycles. The van der Waals surface area contributed by atoms with Crippen LogP contribution < -0.4 is 9.47 Å². The van der Waals surface area contributed by atoms with Crippen molar-refractivity contribution in [3.63, 3.8) is 0 Å². The Labute approximate surface area is 455 Å². The Morgan fingerprint density at radius 1 is 0.513 bits per heavy atom. The number of benzene rings is 1. The molecule has 0 saturated heterocycles. The molecule has 416 valence electrons. The summed E-state index contributed by atoms with van der Waals surface area (Å²) in [6.07, 6.45) is 17.3. The molecule has 0 bridgehead atoms. The second-order valence-corrected chi connectivity index (χ2v) is 22.3. The first-order chi connectivity index (χ1) is 36.9. The Morgan fingerprint density at radius 3 is 1.25 bits per heavy atom. The third-order valence-electron chi connectivity index (χ3n) is 14.5. The number of esters is 7. The van der Waals surface area contributed by atoms with Crippen LogP contribution in [-0.2, 0) is 66.7 Å². The van der Waals surface area contributed by atoms with Gasteiger partial charge >= 0.3 is 41.8 Å². The van der Waals surface area contributed by atoms with E-state index in [1.807, 2.05) is 6.92 Å². The van der Waals surface area contributed by atoms with E-state index in [1.54, 1.807) is 12.1 Å². The van der Waals surface area contributed by atoms with Crippen molar-refractivity contribution in [2.24, 2.45) is 23.7 Å². The van der Waals surface area contributed by atoms with Gasteiger partial charge in [-0.25, -0.2) is 14.4 Å². The van der Waals surface area contributed by atoms with Crippen molar-refractivity contribution in [1.29, 1.82) is 0 Å². The Kier molecular flexibility index (Phi) is 25.2. The highest BCUT2D eigenvalue weighted by atomic mass is 32.2. The number of carbonyl (C=O) groups excluding carboxylic acids is 7. The zero-order chi connectivity index (χ0) is 54.2. The van der Waals surface area contributed by atoms with E-state index >= 15 is 0 Å². The van der Waals surface area contributed by atoms with Gasteiger partial charge < -0.3 is 42.6 Å². The number of unbranched alkanes of at least 4 members (excludes halogenated alkanes) is 4. The summed E-state index contributed by atoms with van der Waals surface area (Å²) in [5.74, 6) is -3.78. The van der Waals surface area contributed by atoms with Crippen LogP contribution in [-0.4, -0.2) is 99.2 Å². The fraction of sp³-hybridized carbons (Fsp3) is 0.649. The largest absolute Gasteiger partial charge is 0.471 e. The highest BCUT2D eigenvalue weighted by Crippen LogP contribution is 2.59. The summed E-state index contributed by atoms with van der Waals surface area (Å²) in [6.45, 7) is 18.6. The summed E-state index contributed by atoms with van der Waals surface area (Å²) in [4.78, 5) is 93.6. The number of hydrogen-bond acceptors (Lipinski definition) is 18. The van der Waals surface area contributed by atoms with E-state index in [2.05, 4.69) is 18.0 Å². The Balaban J connectivity index is 0.942. The number of hydrogen-bond donors (Lipinski definition) is 0. The summed E-state index contributed by atoms with van der Waals surface area (Å²) in [6, 6.07) is 3.13. The van der Waals surface area contributed by atoms with Crippen LogP contribution in [0.15, 0.2) is 57.2 Å². The number of thioether (sulfide) groups is 2. The lowest BCUT2D eigenvalue weighted by Crippen LogP contribution is -2.33. The monoisotopic (exact) mass is 1090 g/mol. The predicted octanol–water partition coefficient (Wildman–Crippen LogP) is 10.9. The van der Waals surface area contributed by atoms with Gasteiger partial charge in [0, 0.05) is 25.4 Å². The van der Waals surface area contributed by atoms with Crippen molar-refractivity contribution in [2.75, 3.05) is 33.0 Å². The molecule has 0 aromatic heterocycles. The molecule has 0 amide bonds. The van der Waals surface area contributed by atoms with Gasteiger partial charge in [0.05, 0.1) is 76.3 Å². The van der Waals surface area contributed by atoms with Gasteiger partial charge in [0.25, 0.3) is 5.70 Å². The van der Waals surface area contributed by atoms with E-state index < -0.39 is 41.7 Å². The maximum atomic E-state index is 13.8. The molecule has 1 aliphatic heterocycles. The van der Waals surface area contributed by atoms with E-state index in [1.165, 1.54) is 0 Å². The molecule has 0 atom stereocenters. The van der Waals surface area contributed by atoms with Gasteiger partial charge in [0.1, 0.15) is 23.7 Å². The smallest absolute Gasteiger partial charge is 0.338 e. The molecule has 5 aliphatic rings. The third-order valence-corrected chi connectivity index (χ3v) is 17.1. The Bertz CT molecular complexity index is 2110. The standard InChI is InChI=1S/C57H75NO16S2/c1-5-32-70-56(65)49(58-4)57-75-50-45(73-54(63)39-18-26-43(27-19-39)71-52(61)37-14-22-41(23-15-37)66-33-10-8-12-35-68-47(59)6-2)30-31-46(51(50)76-57)74-55(64)40-20-28-44(29-21-40)72-53(62)38-16-24-42(25-17-38)67-34-11-9-13-36-69-48(60)7-3/h6-7,30-31,37-44H,2-3,5,8-29,32-36H2,1H3. The van der Waals surface area contributed by atoms with Crippen LogP contribution in [0, 0.1) is 30.2 Å². The molecule has 0 spiro atoms. The lowest BCUT2D eigenvalue weighted by atomic mass is 9.86. The van der Waals surface area contributed by atoms with E-state index in [0.29, 0.717) is 124 Å². The predicted molar refractivity (Wildman–Crippen MR) is 281 cm³/mol. The first-order valence-electron chi connectivity index (χ1n) is 27.4. The maximum Gasteiger partial charge on any atom is 0.338 e. The van der Waals surface area contributed by atoms with E-state index in [-0.39, 0.29) is 72.0 Å². The van der Waals surface area contributed by atoms with Gasteiger partial charge in [-0.2, -0.15) is 0 Å². The normalized spacial score (nSPS) is 24.1. The number of nitrogens with zero attached hydrogens (tertiary/aromatic N) is 1. The molecule has 6 rings (SSSR count). The molecule has 4 fully saturated rings. The minimum Gasteiger partial charge on any atom is -0.471 e. The summed E-state index contributed by atoms with van der Waals surface area (Å²) < 4.78 is 51.7. The minimum absolute atomic E-state index is 0.104. The van der Waals surface area contributed by atoms with Crippen molar-refractivity contribution < 1.29 is 76.2 Å². The van der Waals surface area contributed by atoms with Crippen molar-refractivity contribution in [2.45, 2.75) is 189 Å². The number of rotatable bonds is 27. The Morgan fingerprint density at radius 2 is 0.882 bits per heavy atom. The zero-order valence-electron chi connectivity index (χ0n) is 43.9. The van der Waals surface area contributed by atoms with E-state index in [9.17, 15) is 33.6 Å². The molecular formula is C57H75NO16S2. The van der Waals surface area contributed by atoms with Crippen LogP contribution in [0.25, 0.3) is 4.85 Å². The van der Waals surface area contributed by atoms with E-state index in [4.69, 9.17) is 49.2 Å². The van der Waals surface area contributed by atoms with E-state index in [0.717, 1.165) is 99.9 Å². The molecule has 76 heavy (non-hydrogen) atoms. The van der Waals surface area contributed by atoms with Gasteiger partial charge in [0.2, 0.25) is 0 Å². The van der Waals surface area contributed by atoms with Crippen molar-refractivity contribution >= 4 is 65.3 Å². The molecule has 4 saturated carbocycles. The topological polar surface area (TPSA) is 207 Å². The fourth-order valence-electron chi connectivity index (χ4n) is 10.0. The fourth-order valence-corrected chi connectivity index (χ4v) is 12.6. The lowest BCUT2D eigenvalue weighted by Gasteiger charge is -2.31. The third kappa shape index (κ3) is 18.8. The van der Waals surface area contributed by atoms with Crippen LogP contribution in [0.1, 0.15) is 155 Å². The molecule has 17 nitrogen and oxygen atoms in total. The highest BCUT2D eigenvalue weighted by molar-refractivity contribution is 8.24. The molecule has 0 N–H and O–H groups in total. The van der Waals surface area contributed by atoms with Crippen molar-refractivity contribution in [1.82, 2.24) is 0 Å². The van der Waals surface area contributed by atoms with Gasteiger partial charge in [-0.3, -0.25) is 24.0 Å². The Hall–Kier alpha value is -5.16. The SMILES string of the molecule is [C-]#[N+]C(C(=O)OCCC)=C1Sc2c(OC(=O)C3CCC(OC(=O)C4CCC(OCCCCCOC(=O)C=C)CC4)CC3)ccc(OC(=O)C3CCC(OC(=O)C4CCC(OCCCCCOC(=O)C=C)CC4)CC3)c2S1. The molecule has 1 aromatic carbocycles. The van der Waals surface area contributed by atoms with Gasteiger partial charge in [-0.15, -0.1) is 0 Å². The van der Waals surface area contributed by atoms with Crippen LogP contribution in [0.3, 0.4) is 0 Å². The second kappa shape index (κ2) is 31.9. The minimum atomic E-state index is -0.772. The molecule has 4 aliphatic carbocycles. The number of fused-ring (bicyclic) bond motifs is 1. The van der Waals surface area contributed by atoms with Gasteiger partial charge in [-0.05, 0) is 160 Å². The van der Waals surface area contributed by atoms with Gasteiger partial charge in [0.15, 0.2) is 0 Å². The highest BCUT2D eigenvalue weighted by Gasteiger charge is 2.38. The first kappa shape index (κ1) is 60.1. The first-order valence-corrected chi connectivity index (χ1v) is 29.0. The van der Waals surface area contributed by atoms with Crippen LogP contribution in [0.2, 0.25) is 0 Å². The summed E-state index contributed by atoms with van der Waals surface area (Å²) in [5, 5.41) is 0. The molecule has 0 unspecified atom stereocenters. The lowest BCUT2D eigenvalue weighted by molar-refractivity contribution is -0.160. The summed E-state index contributed by atoms with van der Waals surface area (Å²) >= 11 is 2.17. The molecule has 1 aromatic rings. The van der Waals surface area contributed by atoms with Crippen molar-refractivity contribution in [3.05, 3.63) is 58.8 Å². The average molecular weight is 1090 g/mol.